The molecule has 4 aliphatic rings. The number of fused-ring (bicyclic) bond motifs is 1. The molecule has 0 saturated carbocycles. The largest absolute Gasteiger partial charge is 0.396 e. The molecule has 4 heterocycles. The molecule has 4 saturated heterocycles. The smallest absolute Gasteiger partial charge is 0.244 e. The molecular weight excluding hydrogens is 480 g/mol. The summed E-state index contributed by atoms with van der Waals surface area (Å²) in [6.45, 7) is 6.64. The number of benzene rings is 1. The van der Waals surface area contributed by atoms with Crippen molar-refractivity contribution in [1.82, 2.24) is 15.1 Å². The summed E-state index contributed by atoms with van der Waals surface area (Å²) < 4.78 is 4.35. The third-order valence-corrected chi connectivity index (χ3v) is 10.2. The first kappa shape index (κ1) is 25.5. The third kappa shape index (κ3) is 4.42. The molecular formula is C26H36N4O5S. The fourth-order valence-electron chi connectivity index (χ4n) is 6.61. The summed E-state index contributed by atoms with van der Waals surface area (Å²) in [5.41, 5.74) is 0.702. The minimum Gasteiger partial charge on any atom is -0.396 e. The number of hydrogen-bond acceptors (Lipinski definition) is 7. The van der Waals surface area contributed by atoms with Crippen molar-refractivity contribution in [3.8, 4) is 0 Å². The summed E-state index contributed by atoms with van der Waals surface area (Å²) in [6, 6.07) is 8.65. The molecule has 36 heavy (non-hydrogen) atoms. The number of anilines is 1. The van der Waals surface area contributed by atoms with Gasteiger partial charge in [0.25, 0.3) is 0 Å². The molecule has 9 nitrogen and oxygen atoms in total. The van der Waals surface area contributed by atoms with Crippen LogP contribution in [-0.4, -0.2) is 101 Å². The van der Waals surface area contributed by atoms with E-state index in [2.05, 4.69) is 22.5 Å². The molecule has 1 spiro atoms. The number of aliphatic hydroxyl groups is 1. The number of nitrogens with one attached hydrogen (secondary N) is 2. The van der Waals surface area contributed by atoms with Crippen molar-refractivity contribution in [3.05, 3.63) is 30.3 Å². The van der Waals surface area contributed by atoms with E-state index in [1.807, 2.05) is 30.3 Å². The van der Waals surface area contributed by atoms with Crippen LogP contribution in [0, 0.1) is 11.8 Å². The number of carbonyl (C=O) groups is 3. The molecule has 2 unspecified atom stereocenters. The van der Waals surface area contributed by atoms with Gasteiger partial charge in [0.15, 0.2) is 0 Å². The molecule has 4 fully saturated rings. The molecule has 2 bridgehead atoms. The zero-order valence-electron chi connectivity index (χ0n) is 20.8. The summed E-state index contributed by atoms with van der Waals surface area (Å²) in [4.78, 5) is 45.0. The van der Waals surface area contributed by atoms with E-state index in [-0.39, 0.29) is 24.3 Å². The second-order valence-corrected chi connectivity index (χ2v) is 12.3. The van der Waals surface area contributed by atoms with E-state index in [1.54, 1.807) is 16.7 Å². The Morgan fingerprint density at radius 3 is 2.61 bits per heavy atom. The summed E-state index contributed by atoms with van der Waals surface area (Å²) in [7, 11) is 0. The first-order valence-corrected chi connectivity index (χ1v) is 13.8. The summed E-state index contributed by atoms with van der Waals surface area (Å²) >= 11 is 1.66. The topological polar surface area (TPSA) is 111 Å². The minimum absolute atomic E-state index is 0.0599. The standard InChI is InChI=1S/C26H36N4O5S/c1-25-8-9-26(36-25)20(19(25)22(32)28-18-6-3-2-4-7-18)24(34)30(11-5-15-31)21(26)23(33)27-10-12-29-13-16-35-17-14-29/h2-4,6-7,19-21,31H,5,8-17H2,1H3,(H,27,33)(H,28,32)/t19-,20+,21?,25+,26?/m1/s1. The molecule has 196 valence electrons. The van der Waals surface area contributed by atoms with E-state index in [0.29, 0.717) is 38.4 Å². The quantitative estimate of drug-likeness (QED) is 0.448. The maximum atomic E-state index is 13.9. The molecule has 1 aromatic rings. The van der Waals surface area contributed by atoms with E-state index in [4.69, 9.17) is 4.74 Å². The van der Waals surface area contributed by atoms with Crippen LogP contribution in [0.3, 0.4) is 0 Å². The van der Waals surface area contributed by atoms with Crippen molar-refractivity contribution in [2.75, 3.05) is 57.9 Å². The van der Waals surface area contributed by atoms with Crippen LogP contribution in [0.2, 0.25) is 0 Å². The summed E-state index contributed by atoms with van der Waals surface area (Å²) in [6.07, 6.45) is 1.89. The molecule has 3 amide bonds. The van der Waals surface area contributed by atoms with Crippen LogP contribution >= 0.6 is 11.8 Å². The lowest BCUT2D eigenvalue weighted by atomic mass is 9.66. The predicted molar refractivity (Wildman–Crippen MR) is 137 cm³/mol. The first-order chi connectivity index (χ1) is 17.4. The number of aliphatic hydroxyl groups excluding tert-OH is 1. The van der Waals surface area contributed by atoms with Gasteiger partial charge in [0, 0.05) is 49.8 Å². The van der Waals surface area contributed by atoms with Gasteiger partial charge in [-0.3, -0.25) is 19.3 Å². The molecule has 1 aromatic carbocycles. The second kappa shape index (κ2) is 10.3. The fraction of sp³-hybridized carbons (Fsp3) is 0.654. The average molecular weight is 517 g/mol. The van der Waals surface area contributed by atoms with Gasteiger partial charge >= 0.3 is 0 Å². The third-order valence-electron chi connectivity index (χ3n) is 8.24. The second-order valence-electron chi connectivity index (χ2n) is 10.4. The Morgan fingerprint density at radius 2 is 1.89 bits per heavy atom. The molecule has 0 radical (unpaired) electrons. The Bertz CT molecular complexity index is 990. The SMILES string of the molecule is C[C@@]12CCC3(S1)C(C(=O)NCCN1CCOCC1)N(CCCO)C(=O)[C@@H]3[C@@H]2C(=O)Nc1ccccc1. The van der Waals surface area contributed by atoms with Crippen LogP contribution in [0.1, 0.15) is 26.2 Å². The molecule has 4 aliphatic heterocycles. The van der Waals surface area contributed by atoms with Gasteiger partial charge < -0.3 is 25.4 Å². The number of ether oxygens (including phenoxy) is 1. The van der Waals surface area contributed by atoms with Crippen LogP contribution in [0.25, 0.3) is 0 Å². The summed E-state index contributed by atoms with van der Waals surface area (Å²) in [5.74, 6) is -1.53. The predicted octanol–water partition coefficient (Wildman–Crippen LogP) is 0.937. The number of hydrogen-bond donors (Lipinski definition) is 3. The molecule has 10 heteroatoms. The summed E-state index contributed by atoms with van der Waals surface area (Å²) in [5, 5.41) is 15.6. The number of nitrogens with zero attached hydrogens (tertiary/aromatic N) is 2. The van der Waals surface area contributed by atoms with Crippen LogP contribution in [0.15, 0.2) is 30.3 Å². The number of carbonyl (C=O) groups excluding carboxylic acids is 3. The van der Waals surface area contributed by atoms with Crippen LogP contribution in [0.4, 0.5) is 5.69 Å². The molecule has 5 atom stereocenters. The number of morpholine rings is 1. The van der Waals surface area contributed by atoms with Crippen molar-refractivity contribution in [2.24, 2.45) is 11.8 Å². The molecule has 3 N–H and O–H groups in total. The van der Waals surface area contributed by atoms with Gasteiger partial charge in [0.05, 0.1) is 29.8 Å². The van der Waals surface area contributed by atoms with Crippen LogP contribution in [0.5, 0.6) is 0 Å². The van der Waals surface area contributed by atoms with Gasteiger partial charge in [0.1, 0.15) is 6.04 Å². The normalized spacial score (nSPS) is 33.6. The monoisotopic (exact) mass is 516 g/mol. The Kier molecular flexibility index (Phi) is 7.31. The van der Waals surface area contributed by atoms with Gasteiger partial charge in [-0.15, -0.1) is 11.8 Å². The van der Waals surface area contributed by atoms with Crippen LogP contribution < -0.4 is 10.6 Å². The van der Waals surface area contributed by atoms with Gasteiger partial charge in [-0.2, -0.15) is 0 Å². The highest BCUT2D eigenvalue weighted by Crippen LogP contribution is 2.71. The number of para-hydroxylation sites is 1. The minimum atomic E-state index is -0.646. The van der Waals surface area contributed by atoms with Gasteiger partial charge in [-0.05, 0) is 38.3 Å². The van der Waals surface area contributed by atoms with E-state index >= 15 is 0 Å². The lowest BCUT2D eigenvalue weighted by molar-refractivity contribution is -0.139. The van der Waals surface area contributed by atoms with Crippen molar-refractivity contribution in [1.29, 1.82) is 0 Å². The van der Waals surface area contributed by atoms with Crippen molar-refractivity contribution in [2.45, 2.75) is 41.7 Å². The number of likely N-dealkylation sites (tertiary alicyclic amines) is 1. The van der Waals surface area contributed by atoms with E-state index in [0.717, 1.165) is 32.5 Å². The van der Waals surface area contributed by atoms with E-state index in [9.17, 15) is 19.5 Å². The number of thioether (sulfide) groups is 1. The zero-order valence-corrected chi connectivity index (χ0v) is 21.6. The van der Waals surface area contributed by atoms with Gasteiger partial charge in [-0.25, -0.2) is 0 Å². The lowest BCUT2D eigenvalue weighted by Crippen LogP contribution is -2.54. The first-order valence-electron chi connectivity index (χ1n) is 12.9. The molecule has 5 rings (SSSR count). The fourth-order valence-corrected chi connectivity index (χ4v) is 8.97. The zero-order chi connectivity index (χ0) is 25.3. The maximum absolute atomic E-state index is 13.9. The van der Waals surface area contributed by atoms with Crippen molar-refractivity contribution >= 4 is 35.2 Å². The van der Waals surface area contributed by atoms with Gasteiger partial charge in [0.2, 0.25) is 17.7 Å². The maximum Gasteiger partial charge on any atom is 0.244 e. The molecule has 0 aromatic heterocycles. The van der Waals surface area contributed by atoms with E-state index in [1.165, 1.54) is 0 Å². The number of rotatable bonds is 9. The van der Waals surface area contributed by atoms with E-state index < -0.39 is 27.4 Å². The highest BCUT2D eigenvalue weighted by molar-refractivity contribution is 8.02. The van der Waals surface area contributed by atoms with Gasteiger partial charge in [-0.1, -0.05) is 18.2 Å². The molecule has 0 aliphatic carbocycles. The van der Waals surface area contributed by atoms with Crippen molar-refractivity contribution < 1.29 is 24.2 Å². The highest BCUT2D eigenvalue weighted by Gasteiger charge is 2.76. The average Bonchev–Trinajstić information content (AvgIpc) is 3.44. The van der Waals surface area contributed by atoms with Crippen LogP contribution in [-0.2, 0) is 19.1 Å². The number of amides is 3. The lowest BCUT2D eigenvalue weighted by Gasteiger charge is -2.35. The van der Waals surface area contributed by atoms with Crippen molar-refractivity contribution in [3.63, 3.8) is 0 Å². The highest BCUT2D eigenvalue weighted by atomic mass is 32.2. The Labute approximate surface area is 216 Å². The Balaban J connectivity index is 1.37. The Hall–Kier alpha value is -2.14. The Morgan fingerprint density at radius 1 is 1.14 bits per heavy atom.